The van der Waals surface area contributed by atoms with Gasteiger partial charge in [-0.1, -0.05) is 48.5 Å². The van der Waals surface area contributed by atoms with Crippen LogP contribution in [0, 0.1) is 0 Å². The molecular weight excluding hydrogens is 440 g/mol. The molecule has 7 nitrogen and oxygen atoms in total. The van der Waals surface area contributed by atoms with E-state index in [0.29, 0.717) is 22.6 Å². The van der Waals surface area contributed by atoms with Gasteiger partial charge in [0.2, 0.25) is 5.91 Å². The van der Waals surface area contributed by atoms with Crippen LogP contribution in [0.2, 0.25) is 0 Å². The van der Waals surface area contributed by atoms with Gasteiger partial charge in [0, 0.05) is 23.3 Å². The van der Waals surface area contributed by atoms with E-state index in [1.54, 1.807) is 0 Å². The lowest BCUT2D eigenvalue weighted by atomic mass is 9.95. The first-order valence-corrected chi connectivity index (χ1v) is 11.9. The summed E-state index contributed by atoms with van der Waals surface area (Å²) in [6, 6.07) is 14.3. The summed E-state index contributed by atoms with van der Waals surface area (Å²) >= 11 is 1.46. The SMILES string of the molecule is CC1(C)Cc2cccc(C3=C(C(=O)O)N4C(=O)[C@@H](NC(=O)Cc5ccccc5)[C@@H]4SC3)c2O1. The molecule has 2 amide bonds. The third-order valence-electron chi connectivity index (χ3n) is 6.11. The second-order valence-electron chi connectivity index (χ2n) is 9.08. The molecule has 0 bridgehead atoms. The smallest absolute Gasteiger partial charge is 0.352 e. The van der Waals surface area contributed by atoms with Crippen molar-refractivity contribution in [2.75, 3.05) is 5.75 Å². The van der Waals surface area contributed by atoms with Gasteiger partial charge in [0.05, 0.1) is 6.42 Å². The number of thioether (sulfide) groups is 1. The fourth-order valence-electron chi connectivity index (χ4n) is 4.68. The van der Waals surface area contributed by atoms with Crippen LogP contribution in [0.3, 0.4) is 0 Å². The third-order valence-corrected chi connectivity index (χ3v) is 7.39. The first-order valence-electron chi connectivity index (χ1n) is 10.8. The van der Waals surface area contributed by atoms with Crippen molar-refractivity contribution in [1.29, 1.82) is 0 Å². The molecule has 0 unspecified atom stereocenters. The zero-order valence-corrected chi connectivity index (χ0v) is 19.1. The van der Waals surface area contributed by atoms with E-state index in [9.17, 15) is 19.5 Å². The monoisotopic (exact) mass is 464 g/mol. The van der Waals surface area contributed by atoms with Gasteiger partial charge >= 0.3 is 5.97 Å². The maximum absolute atomic E-state index is 13.0. The van der Waals surface area contributed by atoms with Crippen molar-refractivity contribution in [3.05, 3.63) is 70.9 Å². The molecule has 0 aromatic heterocycles. The van der Waals surface area contributed by atoms with Crippen LogP contribution >= 0.6 is 11.8 Å². The molecule has 0 spiro atoms. The number of aliphatic carboxylic acids is 1. The summed E-state index contributed by atoms with van der Waals surface area (Å²) in [5.41, 5.74) is 2.77. The largest absolute Gasteiger partial charge is 0.487 e. The van der Waals surface area contributed by atoms with E-state index in [4.69, 9.17) is 4.74 Å². The van der Waals surface area contributed by atoms with Crippen molar-refractivity contribution in [2.45, 2.75) is 43.7 Å². The lowest BCUT2D eigenvalue weighted by Crippen LogP contribution is -2.70. The van der Waals surface area contributed by atoms with Gasteiger partial charge in [0.15, 0.2) is 0 Å². The van der Waals surface area contributed by atoms with E-state index in [2.05, 4.69) is 5.32 Å². The first kappa shape index (κ1) is 21.6. The number of carbonyl (C=O) groups is 3. The van der Waals surface area contributed by atoms with E-state index in [0.717, 1.165) is 17.5 Å². The van der Waals surface area contributed by atoms with Crippen LogP contribution in [-0.2, 0) is 27.2 Å². The summed E-state index contributed by atoms with van der Waals surface area (Å²) in [7, 11) is 0. The van der Waals surface area contributed by atoms with Gasteiger partial charge in [-0.25, -0.2) is 4.79 Å². The van der Waals surface area contributed by atoms with Crippen LogP contribution in [0.25, 0.3) is 5.57 Å². The Morgan fingerprint density at radius 1 is 1.18 bits per heavy atom. The van der Waals surface area contributed by atoms with Crippen LogP contribution in [0.4, 0.5) is 0 Å². The molecule has 5 rings (SSSR count). The fourth-order valence-corrected chi connectivity index (χ4v) is 6.05. The number of rotatable bonds is 5. The van der Waals surface area contributed by atoms with E-state index in [1.807, 2.05) is 62.4 Å². The summed E-state index contributed by atoms with van der Waals surface area (Å²) in [5, 5.41) is 12.4. The quantitative estimate of drug-likeness (QED) is 0.661. The summed E-state index contributed by atoms with van der Waals surface area (Å²) < 4.78 is 6.15. The highest BCUT2D eigenvalue weighted by atomic mass is 32.2. The summed E-state index contributed by atoms with van der Waals surface area (Å²) in [6.45, 7) is 3.99. The highest BCUT2D eigenvalue weighted by Crippen LogP contribution is 2.47. The Morgan fingerprint density at radius 2 is 1.94 bits per heavy atom. The zero-order chi connectivity index (χ0) is 23.3. The molecule has 0 radical (unpaired) electrons. The Balaban J connectivity index is 1.40. The van der Waals surface area contributed by atoms with Gasteiger partial charge in [0.25, 0.3) is 5.91 Å². The minimum Gasteiger partial charge on any atom is -0.487 e. The van der Waals surface area contributed by atoms with Crippen LogP contribution in [0.1, 0.15) is 30.5 Å². The second kappa shape index (κ2) is 7.95. The molecule has 0 saturated carbocycles. The van der Waals surface area contributed by atoms with Crippen molar-refractivity contribution in [3.8, 4) is 5.75 Å². The number of fused-ring (bicyclic) bond motifs is 2. The van der Waals surface area contributed by atoms with Crippen LogP contribution in [0.15, 0.2) is 54.2 Å². The molecule has 3 aliphatic heterocycles. The lowest BCUT2D eigenvalue weighted by Gasteiger charge is -2.49. The summed E-state index contributed by atoms with van der Waals surface area (Å²) in [5.74, 6) is -0.731. The second-order valence-corrected chi connectivity index (χ2v) is 10.2. The van der Waals surface area contributed by atoms with E-state index in [1.165, 1.54) is 16.7 Å². The average Bonchev–Trinajstić information content (AvgIpc) is 3.10. The molecule has 2 aromatic carbocycles. The predicted octanol–water partition coefficient (Wildman–Crippen LogP) is 2.84. The molecule has 0 aliphatic carbocycles. The minimum atomic E-state index is -1.16. The molecule has 2 N–H and O–H groups in total. The van der Waals surface area contributed by atoms with Crippen molar-refractivity contribution in [1.82, 2.24) is 10.2 Å². The Bertz CT molecular complexity index is 1190. The lowest BCUT2D eigenvalue weighted by molar-refractivity contribution is -0.150. The topological polar surface area (TPSA) is 95.9 Å². The average molecular weight is 465 g/mol. The number of carboxylic acids is 1. The van der Waals surface area contributed by atoms with Crippen molar-refractivity contribution < 1.29 is 24.2 Å². The van der Waals surface area contributed by atoms with Crippen LogP contribution in [0.5, 0.6) is 5.75 Å². The molecule has 2 aromatic rings. The molecule has 33 heavy (non-hydrogen) atoms. The van der Waals surface area contributed by atoms with Crippen molar-refractivity contribution >= 4 is 35.1 Å². The number of nitrogens with zero attached hydrogens (tertiary/aromatic N) is 1. The predicted molar refractivity (Wildman–Crippen MR) is 125 cm³/mol. The van der Waals surface area contributed by atoms with Gasteiger partial charge in [-0.15, -0.1) is 11.8 Å². The van der Waals surface area contributed by atoms with Gasteiger partial charge in [-0.05, 0) is 25.0 Å². The van der Waals surface area contributed by atoms with Crippen LogP contribution in [-0.4, -0.2) is 50.6 Å². The maximum Gasteiger partial charge on any atom is 0.352 e. The Kier molecular flexibility index (Phi) is 5.20. The Hall–Kier alpha value is -3.26. The fraction of sp³-hybridized carbons (Fsp3) is 0.320. The minimum absolute atomic E-state index is 0.0287. The Labute approximate surface area is 195 Å². The summed E-state index contributed by atoms with van der Waals surface area (Å²) in [4.78, 5) is 39.1. The number of hydrogen-bond acceptors (Lipinski definition) is 5. The molecule has 3 aliphatic rings. The molecule has 1 fully saturated rings. The number of amides is 2. The molecule has 1 saturated heterocycles. The summed E-state index contributed by atoms with van der Waals surface area (Å²) in [6.07, 6.45) is 0.901. The van der Waals surface area contributed by atoms with Gasteiger partial charge in [0.1, 0.15) is 28.5 Å². The number of benzene rings is 2. The highest BCUT2D eigenvalue weighted by molar-refractivity contribution is 8.00. The molecule has 2 atom stereocenters. The zero-order valence-electron chi connectivity index (χ0n) is 18.3. The molecule has 3 heterocycles. The van der Waals surface area contributed by atoms with Gasteiger partial charge in [-0.2, -0.15) is 0 Å². The number of para-hydroxylation sites is 1. The van der Waals surface area contributed by atoms with Gasteiger partial charge in [-0.3, -0.25) is 14.5 Å². The molecule has 170 valence electrons. The third kappa shape index (κ3) is 3.78. The van der Waals surface area contributed by atoms with Crippen LogP contribution < -0.4 is 10.1 Å². The number of β-lactam (4-membered cyclic amide) rings is 1. The van der Waals surface area contributed by atoms with E-state index in [-0.39, 0.29) is 23.6 Å². The normalized spacial score (nSPS) is 22.7. The number of carbonyl (C=O) groups excluding carboxylic acids is 2. The number of nitrogens with one attached hydrogen (secondary N) is 1. The number of carboxylic acid groups (broad SMARTS) is 1. The number of ether oxygens (including phenoxy) is 1. The van der Waals surface area contributed by atoms with Crippen molar-refractivity contribution in [3.63, 3.8) is 0 Å². The standard InChI is InChI=1S/C25H24N2O5S/c1-25(2)12-15-9-6-10-16(21(15)32-25)17-13-33-23-19(22(29)27(23)20(17)24(30)31)26-18(28)11-14-7-4-3-5-8-14/h3-10,19,23H,11-13H2,1-2H3,(H,26,28)(H,30,31)/t19-,23+/m1/s1. The molecule has 8 heteroatoms. The highest BCUT2D eigenvalue weighted by Gasteiger charge is 2.54. The van der Waals surface area contributed by atoms with Crippen molar-refractivity contribution in [2.24, 2.45) is 0 Å². The first-order chi connectivity index (χ1) is 15.7. The van der Waals surface area contributed by atoms with E-state index < -0.39 is 23.3 Å². The van der Waals surface area contributed by atoms with E-state index >= 15 is 0 Å². The molecular formula is C25H24N2O5S. The van der Waals surface area contributed by atoms with Gasteiger partial charge < -0.3 is 15.2 Å². The Morgan fingerprint density at radius 3 is 2.67 bits per heavy atom. The number of hydrogen-bond donors (Lipinski definition) is 2. The maximum atomic E-state index is 13.0.